The summed E-state index contributed by atoms with van der Waals surface area (Å²) in [6.07, 6.45) is 0. The molecule has 1 aromatic carbocycles. The number of carbonyl (C=O) groups excluding carboxylic acids is 1. The molecule has 0 fully saturated rings. The van der Waals surface area contributed by atoms with Crippen LogP contribution in [0.1, 0.15) is 16.6 Å². The van der Waals surface area contributed by atoms with Crippen molar-refractivity contribution < 1.29 is 14.7 Å². The molecule has 4 nitrogen and oxygen atoms in total. The summed E-state index contributed by atoms with van der Waals surface area (Å²) in [7, 11) is 0. The number of hydrogen-bond donors (Lipinski definition) is 2. The molecule has 6 heteroatoms. The van der Waals surface area contributed by atoms with Crippen LogP contribution in [0.2, 0.25) is 5.02 Å². The zero-order valence-corrected chi connectivity index (χ0v) is 11.5. The van der Waals surface area contributed by atoms with Crippen molar-refractivity contribution in [3.8, 4) is 10.4 Å². The molecule has 1 amide bonds. The molecule has 98 valence electrons. The number of benzene rings is 1. The van der Waals surface area contributed by atoms with E-state index in [9.17, 15) is 9.59 Å². The lowest BCUT2D eigenvalue weighted by atomic mass is 10.2. The van der Waals surface area contributed by atoms with Crippen molar-refractivity contribution in [2.24, 2.45) is 0 Å². The third-order valence-corrected chi connectivity index (χ3v) is 3.75. The highest BCUT2D eigenvalue weighted by Crippen LogP contribution is 2.35. The Kier molecular flexibility index (Phi) is 3.87. The van der Waals surface area contributed by atoms with Gasteiger partial charge in [-0.25, -0.2) is 4.79 Å². The molecule has 2 N–H and O–H groups in total. The summed E-state index contributed by atoms with van der Waals surface area (Å²) in [6.45, 7) is 1.34. The van der Waals surface area contributed by atoms with Crippen LogP contribution >= 0.6 is 22.9 Å². The fraction of sp³-hybridized carbons (Fsp3) is 0.0769. The average Bonchev–Trinajstić information content (AvgIpc) is 2.72. The van der Waals surface area contributed by atoms with Crippen LogP contribution in [0, 0.1) is 0 Å². The van der Waals surface area contributed by atoms with Gasteiger partial charge in [0.1, 0.15) is 4.88 Å². The van der Waals surface area contributed by atoms with Gasteiger partial charge in [-0.05, 0) is 23.8 Å². The smallest absolute Gasteiger partial charge is 0.348 e. The van der Waals surface area contributed by atoms with Gasteiger partial charge < -0.3 is 10.4 Å². The van der Waals surface area contributed by atoms with Crippen LogP contribution in [-0.4, -0.2) is 17.0 Å². The number of rotatable bonds is 3. The number of carboxylic acid groups (broad SMARTS) is 1. The summed E-state index contributed by atoms with van der Waals surface area (Å²) < 4.78 is 0. The van der Waals surface area contributed by atoms with Crippen LogP contribution in [-0.2, 0) is 4.79 Å². The van der Waals surface area contributed by atoms with E-state index < -0.39 is 5.97 Å². The van der Waals surface area contributed by atoms with Gasteiger partial charge in [0, 0.05) is 16.8 Å². The van der Waals surface area contributed by atoms with Gasteiger partial charge in [-0.1, -0.05) is 23.7 Å². The molecular weight excluding hydrogens is 286 g/mol. The quantitative estimate of drug-likeness (QED) is 0.907. The highest BCUT2D eigenvalue weighted by atomic mass is 35.5. The minimum absolute atomic E-state index is 0.102. The number of hydrogen-bond acceptors (Lipinski definition) is 3. The van der Waals surface area contributed by atoms with E-state index in [0.717, 1.165) is 21.8 Å². The van der Waals surface area contributed by atoms with Gasteiger partial charge in [0.2, 0.25) is 5.91 Å². The summed E-state index contributed by atoms with van der Waals surface area (Å²) in [6, 6.07) is 8.75. The van der Waals surface area contributed by atoms with E-state index in [1.165, 1.54) is 6.92 Å². The average molecular weight is 296 g/mol. The normalized spacial score (nSPS) is 10.2. The lowest BCUT2D eigenvalue weighted by Gasteiger charge is -1.98. The molecule has 0 radical (unpaired) electrons. The summed E-state index contributed by atoms with van der Waals surface area (Å²) in [5.41, 5.74) is 1.12. The van der Waals surface area contributed by atoms with Crippen molar-refractivity contribution in [3.63, 3.8) is 0 Å². The molecule has 1 heterocycles. The third-order valence-electron chi connectivity index (χ3n) is 2.35. The Balaban J connectivity index is 2.48. The minimum atomic E-state index is -1.07. The molecule has 1 aromatic heterocycles. The van der Waals surface area contributed by atoms with Gasteiger partial charge in [0.05, 0.1) is 5.69 Å². The summed E-state index contributed by atoms with van der Waals surface area (Å²) >= 11 is 7.01. The van der Waals surface area contributed by atoms with Gasteiger partial charge in [0.15, 0.2) is 0 Å². The fourth-order valence-corrected chi connectivity index (χ4v) is 2.76. The number of aromatic carboxylic acids is 1. The second kappa shape index (κ2) is 5.42. The summed E-state index contributed by atoms with van der Waals surface area (Å²) in [5.74, 6) is -1.38. The van der Waals surface area contributed by atoms with Crippen LogP contribution in [0.5, 0.6) is 0 Å². The first-order valence-corrected chi connectivity index (χ1v) is 6.57. The Bertz CT molecular complexity index is 651. The monoisotopic (exact) mass is 295 g/mol. The Morgan fingerprint density at radius 3 is 2.63 bits per heavy atom. The van der Waals surface area contributed by atoms with E-state index in [-0.39, 0.29) is 10.8 Å². The highest BCUT2D eigenvalue weighted by Gasteiger charge is 2.17. The maximum atomic E-state index is 11.1. The van der Waals surface area contributed by atoms with Crippen molar-refractivity contribution in [2.45, 2.75) is 6.92 Å². The molecule has 2 aromatic rings. The van der Waals surface area contributed by atoms with Crippen LogP contribution in [0.4, 0.5) is 5.69 Å². The van der Waals surface area contributed by atoms with Crippen molar-refractivity contribution >= 4 is 40.5 Å². The van der Waals surface area contributed by atoms with Crippen molar-refractivity contribution in [3.05, 3.63) is 40.2 Å². The highest BCUT2D eigenvalue weighted by molar-refractivity contribution is 7.18. The molecule has 0 saturated heterocycles. The molecule has 0 unspecified atom stereocenters. The molecule has 0 spiro atoms. The van der Waals surface area contributed by atoms with Gasteiger partial charge in [-0.2, -0.15) is 0 Å². The first-order valence-electron chi connectivity index (χ1n) is 5.38. The maximum Gasteiger partial charge on any atom is 0.348 e. The summed E-state index contributed by atoms with van der Waals surface area (Å²) in [5, 5.41) is 12.2. The standard InChI is InChI=1S/C13H10ClNO3S/c1-7(16)15-10-6-11(19-12(10)13(17)18)8-3-2-4-9(14)5-8/h2-6H,1H3,(H,15,16)(H,17,18). The lowest BCUT2D eigenvalue weighted by Crippen LogP contribution is -2.08. The molecule has 0 aliphatic heterocycles. The molecule has 0 atom stereocenters. The number of nitrogens with one attached hydrogen (secondary N) is 1. The van der Waals surface area contributed by atoms with E-state index >= 15 is 0 Å². The number of halogens is 1. The van der Waals surface area contributed by atoms with Crippen molar-refractivity contribution in [2.75, 3.05) is 5.32 Å². The van der Waals surface area contributed by atoms with E-state index in [1.54, 1.807) is 24.3 Å². The van der Waals surface area contributed by atoms with Crippen molar-refractivity contribution in [1.29, 1.82) is 0 Å². The second-order valence-electron chi connectivity index (χ2n) is 3.85. The fourth-order valence-electron chi connectivity index (χ4n) is 1.62. The number of carbonyl (C=O) groups is 2. The molecule has 2 rings (SSSR count). The van der Waals surface area contributed by atoms with E-state index in [0.29, 0.717) is 10.7 Å². The second-order valence-corrected chi connectivity index (χ2v) is 5.34. The van der Waals surface area contributed by atoms with E-state index in [4.69, 9.17) is 16.7 Å². The molecule has 0 bridgehead atoms. The van der Waals surface area contributed by atoms with Crippen LogP contribution in [0.25, 0.3) is 10.4 Å². The first kappa shape index (κ1) is 13.6. The topological polar surface area (TPSA) is 66.4 Å². The zero-order valence-electron chi connectivity index (χ0n) is 9.94. The first-order chi connectivity index (χ1) is 8.97. The predicted molar refractivity (Wildman–Crippen MR) is 76.0 cm³/mol. The molecule has 0 aliphatic carbocycles. The van der Waals surface area contributed by atoms with Gasteiger partial charge in [-0.3, -0.25) is 4.79 Å². The lowest BCUT2D eigenvalue weighted by molar-refractivity contribution is -0.114. The molecule has 19 heavy (non-hydrogen) atoms. The Morgan fingerprint density at radius 2 is 2.05 bits per heavy atom. The number of anilines is 1. The SMILES string of the molecule is CC(=O)Nc1cc(-c2cccc(Cl)c2)sc1C(=O)O. The van der Waals surface area contributed by atoms with Crippen LogP contribution < -0.4 is 5.32 Å². The van der Waals surface area contributed by atoms with Gasteiger partial charge >= 0.3 is 5.97 Å². The van der Waals surface area contributed by atoms with Gasteiger partial charge in [0.25, 0.3) is 0 Å². The predicted octanol–water partition coefficient (Wildman–Crippen LogP) is 3.73. The molecule has 0 aliphatic rings. The molecular formula is C13H10ClNO3S. The number of carboxylic acids is 1. The van der Waals surface area contributed by atoms with Crippen LogP contribution in [0.15, 0.2) is 30.3 Å². The van der Waals surface area contributed by atoms with E-state index in [2.05, 4.69) is 5.32 Å². The Hall–Kier alpha value is -1.85. The minimum Gasteiger partial charge on any atom is -0.477 e. The molecule has 0 saturated carbocycles. The number of thiophene rings is 1. The largest absolute Gasteiger partial charge is 0.477 e. The third kappa shape index (κ3) is 3.13. The van der Waals surface area contributed by atoms with E-state index in [1.807, 2.05) is 6.07 Å². The Morgan fingerprint density at radius 1 is 1.32 bits per heavy atom. The zero-order chi connectivity index (χ0) is 14.0. The summed E-state index contributed by atoms with van der Waals surface area (Å²) in [4.78, 5) is 23.1. The maximum absolute atomic E-state index is 11.1. The number of amides is 1. The van der Waals surface area contributed by atoms with Crippen molar-refractivity contribution in [1.82, 2.24) is 0 Å². The Labute approximate surface area is 118 Å². The van der Waals surface area contributed by atoms with Gasteiger partial charge in [-0.15, -0.1) is 11.3 Å². The van der Waals surface area contributed by atoms with Crippen LogP contribution in [0.3, 0.4) is 0 Å².